The van der Waals surface area contributed by atoms with E-state index in [0.29, 0.717) is 0 Å². The highest BCUT2D eigenvalue weighted by Gasteiger charge is 2.07. The lowest BCUT2D eigenvalue weighted by Gasteiger charge is -2.08. The average molecular weight is 211 g/mol. The number of aromatic nitrogens is 1. The van der Waals surface area contributed by atoms with Crippen LogP contribution in [-0.2, 0) is 0 Å². The fraction of sp³-hybridized carbons (Fsp3) is 0.231. The van der Waals surface area contributed by atoms with Crippen LogP contribution in [0.4, 0.5) is 5.69 Å². The van der Waals surface area contributed by atoms with Crippen molar-refractivity contribution < 1.29 is 0 Å². The van der Waals surface area contributed by atoms with Gasteiger partial charge in [0.25, 0.3) is 0 Å². The molecule has 0 saturated heterocycles. The second kappa shape index (κ2) is 3.93. The number of nitrogens with one attached hydrogen (secondary N) is 1. The average Bonchev–Trinajstić information content (AvgIpc) is 2.82. The van der Waals surface area contributed by atoms with E-state index in [1.807, 2.05) is 18.5 Å². The Kier molecular flexibility index (Phi) is 2.29. The zero-order chi connectivity index (χ0) is 10.8. The third-order valence-corrected chi connectivity index (χ3v) is 2.84. The quantitative estimate of drug-likeness (QED) is 0.787. The number of rotatable bonds is 1. The zero-order valence-corrected chi connectivity index (χ0v) is 8.98. The van der Waals surface area contributed by atoms with Crippen molar-refractivity contribution in [2.75, 3.05) is 11.9 Å². The van der Waals surface area contributed by atoms with Gasteiger partial charge in [-0.3, -0.25) is 9.98 Å². The van der Waals surface area contributed by atoms with Crippen molar-refractivity contribution in [1.82, 2.24) is 4.98 Å². The van der Waals surface area contributed by atoms with Crippen LogP contribution in [0.1, 0.15) is 12.8 Å². The number of hydrogen-bond acceptors (Lipinski definition) is 3. The molecule has 0 radical (unpaired) electrons. The Bertz CT molecular complexity index is 540. The molecular formula is C13H13N3. The summed E-state index contributed by atoms with van der Waals surface area (Å²) >= 11 is 0. The standard InChI is InChI=1S/C13H13N3/c1-3-10-6-8-14-9-11(10)12(4-1)16-13-5-2-7-15-13/h1,3-4,6,8-9H,2,5,7H2,(H,15,16). The first-order chi connectivity index (χ1) is 7.93. The Morgan fingerprint density at radius 3 is 3.06 bits per heavy atom. The number of pyridine rings is 1. The van der Waals surface area contributed by atoms with Gasteiger partial charge in [0.2, 0.25) is 0 Å². The predicted octanol–water partition coefficient (Wildman–Crippen LogP) is 2.84. The minimum Gasteiger partial charge on any atom is -0.344 e. The molecule has 1 aromatic carbocycles. The largest absolute Gasteiger partial charge is 0.344 e. The van der Waals surface area contributed by atoms with Crippen molar-refractivity contribution in [3.8, 4) is 0 Å². The summed E-state index contributed by atoms with van der Waals surface area (Å²) in [5, 5.41) is 5.75. The maximum absolute atomic E-state index is 4.42. The first-order valence-corrected chi connectivity index (χ1v) is 5.56. The number of fused-ring (bicyclic) bond motifs is 1. The van der Waals surface area contributed by atoms with Crippen LogP contribution in [0.25, 0.3) is 10.8 Å². The predicted molar refractivity (Wildman–Crippen MR) is 66.9 cm³/mol. The highest BCUT2D eigenvalue weighted by molar-refractivity contribution is 6.04. The Hall–Kier alpha value is -1.90. The summed E-state index contributed by atoms with van der Waals surface area (Å²) in [5.41, 5.74) is 1.10. The second-order valence-corrected chi connectivity index (χ2v) is 3.96. The van der Waals surface area contributed by atoms with Gasteiger partial charge in [0.15, 0.2) is 0 Å². The molecule has 0 saturated carbocycles. The summed E-state index contributed by atoms with van der Waals surface area (Å²) in [4.78, 5) is 8.59. The number of benzene rings is 1. The van der Waals surface area contributed by atoms with Gasteiger partial charge in [-0.15, -0.1) is 0 Å². The van der Waals surface area contributed by atoms with Gasteiger partial charge in [0.1, 0.15) is 5.84 Å². The van der Waals surface area contributed by atoms with E-state index in [1.165, 1.54) is 5.39 Å². The van der Waals surface area contributed by atoms with Crippen molar-refractivity contribution >= 4 is 22.3 Å². The molecule has 1 aromatic heterocycles. The van der Waals surface area contributed by atoms with E-state index in [1.54, 1.807) is 0 Å². The van der Waals surface area contributed by atoms with Crippen LogP contribution in [0.3, 0.4) is 0 Å². The molecule has 0 bridgehead atoms. The van der Waals surface area contributed by atoms with E-state index in [-0.39, 0.29) is 0 Å². The van der Waals surface area contributed by atoms with Crippen molar-refractivity contribution in [3.63, 3.8) is 0 Å². The molecule has 0 unspecified atom stereocenters. The van der Waals surface area contributed by atoms with Crippen molar-refractivity contribution in [2.24, 2.45) is 4.99 Å². The molecule has 0 atom stereocenters. The molecule has 2 aromatic rings. The minimum atomic E-state index is 0.950. The molecule has 1 aliphatic rings. The summed E-state index contributed by atoms with van der Waals surface area (Å²) < 4.78 is 0. The van der Waals surface area contributed by atoms with E-state index in [4.69, 9.17) is 0 Å². The molecule has 0 fully saturated rings. The normalized spacial score (nSPS) is 15.1. The Labute approximate surface area is 94.2 Å². The Balaban J connectivity index is 2.02. The lowest BCUT2D eigenvalue weighted by Crippen LogP contribution is -2.08. The molecular weight excluding hydrogens is 198 g/mol. The molecule has 2 heterocycles. The van der Waals surface area contributed by atoms with Crippen molar-refractivity contribution in [1.29, 1.82) is 0 Å². The highest BCUT2D eigenvalue weighted by Crippen LogP contribution is 2.22. The van der Waals surface area contributed by atoms with Crippen molar-refractivity contribution in [2.45, 2.75) is 12.8 Å². The van der Waals surface area contributed by atoms with Gasteiger partial charge in [-0.2, -0.15) is 0 Å². The summed E-state index contributed by atoms with van der Waals surface area (Å²) in [5.74, 6) is 1.09. The topological polar surface area (TPSA) is 37.3 Å². The maximum Gasteiger partial charge on any atom is 0.101 e. The lowest BCUT2D eigenvalue weighted by atomic mass is 10.1. The molecule has 0 amide bonds. The number of anilines is 1. The first kappa shape index (κ1) is 9.33. The minimum absolute atomic E-state index is 0.950. The van der Waals surface area contributed by atoms with Gasteiger partial charge < -0.3 is 5.32 Å². The van der Waals surface area contributed by atoms with Crippen LogP contribution in [0.15, 0.2) is 41.7 Å². The molecule has 3 rings (SSSR count). The molecule has 1 aliphatic heterocycles. The summed E-state index contributed by atoms with van der Waals surface area (Å²) in [6, 6.07) is 8.25. The highest BCUT2D eigenvalue weighted by atomic mass is 15.0. The van der Waals surface area contributed by atoms with Crippen molar-refractivity contribution in [3.05, 3.63) is 36.7 Å². The van der Waals surface area contributed by atoms with E-state index < -0.39 is 0 Å². The molecule has 3 nitrogen and oxygen atoms in total. The van der Waals surface area contributed by atoms with Gasteiger partial charge in [-0.05, 0) is 23.9 Å². The maximum atomic E-state index is 4.42. The SMILES string of the molecule is c1cc(NC2=NCCC2)c2cnccc2c1. The molecule has 1 N–H and O–H groups in total. The van der Waals surface area contributed by atoms with E-state index in [0.717, 1.165) is 36.3 Å². The number of nitrogens with zero attached hydrogens (tertiary/aromatic N) is 2. The van der Waals surface area contributed by atoms with E-state index >= 15 is 0 Å². The first-order valence-electron chi connectivity index (χ1n) is 5.56. The molecule has 0 spiro atoms. The van der Waals surface area contributed by atoms with Crippen LogP contribution < -0.4 is 5.32 Å². The third kappa shape index (κ3) is 1.65. The molecule has 0 aliphatic carbocycles. The van der Waals surface area contributed by atoms with Crippen LogP contribution >= 0.6 is 0 Å². The zero-order valence-electron chi connectivity index (χ0n) is 8.98. The van der Waals surface area contributed by atoms with Gasteiger partial charge in [0, 0.05) is 36.4 Å². The Morgan fingerprint density at radius 2 is 2.19 bits per heavy atom. The summed E-state index contributed by atoms with van der Waals surface area (Å²) in [6.45, 7) is 0.950. The molecule has 3 heteroatoms. The second-order valence-electron chi connectivity index (χ2n) is 3.96. The number of aliphatic imine (C=N–C) groups is 1. The fourth-order valence-corrected chi connectivity index (χ4v) is 2.02. The fourth-order valence-electron chi connectivity index (χ4n) is 2.02. The third-order valence-electron chi connectivity index (χ3n) is 2.84. The number of hydrogen-bond donors (Lipinski definition) is 1. The Morgan fingerprint density at radius 1 is 1.19 bits per heavy atom. The van der Waals surface area contributed by atoms with Crippen LogP contribution in [0.5, 0.6) is 0 Å². The van der Waals surface area contributed by atoms with Gasteiger partial charge in [-0.1, -0.05) is 12.1 Å². The van der Waals surface area contributed by atoms with Crippen LogP contribution in [-0.4, -0.2) is 17.4 Å². The lowest BCUT2D eigenvalue weighted by molar-refractivity contribution is 0.951. The van der Waals surface area contributed by atoms with Crippen LogP contribution in [0, 0.1) is 0 Å². The van der Waals surface area contributed by atoms with E-state index in [2.05, 4.69) is 33.5 Å². The van der Waals surface area contributed by atoms with Crippen LogP contribution in [0.2, 0.25) is 0 Å². The molecule has 80 valence electrons. The summed E-state index contributed by atoms with van der Waals surface area (Å²) in [6.07, 6.45) is 5.92. The molecule has 16 heavy (non-hydrogen) atoms. The van der Waals surface area contributed by atoms with Gasteiger partial charge in [-0.25, -0.2) is 0 Å². The monoisotopic (exact) mass is 211 g/mol. The summed E-state index contributed by atoms with van der Waals surface area (Å²) in [7, 11) is 0. The van der Waals surface area contributed by atoms with E-state index in [9.17, 15) is 0 Å². The number of amidine groups is 1. The smallest absolute Gasteiger partial charge is 0.101 e. The van der Waals surface area contributed by atoms with Gasteiger partial charge >= 0.3 is 0 Å². The van der Waals surface area contributed by atoms with Gasteiger partial charge in [0.05, 0.1) is 0 Å².